The molecule has 0 aliphatic rings. The van der Waals surface area contributed by atoms with E-state index in [9.17, 15) is 4.79 Å². The quantitative estimate of drug-likeness (QED) is 0.721. The Balaban J connectivity index is 2.11. The molecule has 1 heterocycles. The lowest BCUT2D eigenvalue weighted by Crippen LogP contribution is -2.08. The lowest BCUT2D eigenvalue weighted by molar-refractivity contribution is 0.103. The monoisotopic (exact) mass is 322 g/mol. The van der Waals surface area contributed by atoms with Gasteiger partial charge in [-0.2, -0.15) is 0 Å². The van der Waals surface area contributed by atoms with E-state index in [1.807, 2.05) is 43.3 Å². The van der Waals surface area contributed by atoms with E-state index < -0.39 is 0 Å². The van der Waals surface area contributed by atoms with E-state index in [4.69, 9.17) is 17.3 Å². The van der Waals surface area contributed by atoms with E-state index in [1.54, 1.807) is 24.4 Å². The summed E-state index contributed by atoms with van der Waals surface area (Å²) in [4.78, 5) is 17.0. The number of benzene rings is 2. The van der Waals surface area contributed by atoms with E-state index in [2.05, 4.69) is 4.98 Å². The third kappa shape index (κ3) is 2.96. The summed E-state index contributed by atoms with van der Waals surface area (Å²) in [5.41, 5.74) is 9.85. The van der Waals surface area contributed by atoms with Gasteiger partial charge in [-0.15, -0.1) is 0 Å². The van der Waals surface area contributed by atoms with Gasteiger partial charge in [-0.3, -0.25) is 9.78 Å². The van der Waals surface area contributed by atoms with Crippen LogP contribution in [0.2, 0.25) is 5.02 Å². The van der Waals surface area contributed by atoms with Gasteiger partial charge in [0.25, 0.3) is 0 Å². The Labute approximate surface area is 139 Å². The maximum Gasteiger partial charge on any atom is 0.195 e. The highest BCUT2D eigenvalue weighted by molar-refractivity contribution is 6.33. The molecule has 0 fully saturated rings. The van der Waals surface area contributed by atoms with Crippen molar-refractivity contribution < 1.29 is 4.79 Å². The molecule has 0 aliphatic carbocycles. The van der Waals surface area contributed by atoms with Crippen LogP contribution in [-0.4, -0.2) is 10.8 Å². The van der Waals surface area contributed by atoms with Crippen LogP contribution in [0, 0.1) is 6.92 Å². The number of nitrogens with zero attached hydrogens (tertiary/aromatic N) is 1. The molecule has 3 aromatic rings. The molecule has 2 N–H and O–H groups in total. The normalized spacial score (nSPS) is 10.5. The number of halogens is 1. The summed E-state index contributed by atoms with van der Waals surface area (Å²) in [5, 5.41) is 0.548. The second-order valence-corrected chi connectivity index (χ2v) is 5.71. The Morgan fingerprint density at radius 1 is 1.09 bits per heavy atom. The van der Waals surface area contributed by atoms with Crippen LogP contribution in [0.4, 0.5) is 5.69 Å². The second-order valence-electron chi connectivity index (χ2n) is 5.30. The van der Waals surface area contributed by atoms with Crippen molar-refractivity contribution in [2.75, 3.05) is 5.73 Å². The van der Waals surface area contributed by atoms with Gasteiger partial charge in [0.2, 0.25) is 0 Å². The molecule has 3 rings (SSSR count). The zero-order valence-electron chi connectivity index (χ0n) is 12.6. The smallest absolute Gasteiger partial charge is 0.195 e. The third-order valence-electron chi connectivity index (χ3n) is 3.64. The first kappa shape index (κ1) is 15.3. The lowest BCUT2D eigenvalue weighted by atomic mass is 9.98. The molecule has 0 amide bonds. The van der Waals surface area contributed by atoms with Crippen molar-refractivity contribution in [2.24, 2.45) is 0 Å². The number of rotatable bonds is 3. The van der Waals surface area contributed by atoms with Crippen LogP contribution < -0.4 is 5.73 Å². The molecule has 0 aliphatic heterocycles. The Hall–Kier alpha value is -2.65. The summed E-state index contributed by atoms with van der Waals surface area (Å²) in [5.74, 6) is -0.123. The Morgan fingerprint density at radius 3 is 2.61 bits per heavy atom. The second kappa shape index (κ2) is 6.23. The minimum absolute atomic E-state index is 0.123. The first-order valence-electron chi connectivity index (χ1n) is 7.18. The molecule has 0 bridgehead atoms. The Kier molecular flexibility index (Phi) is 4.13. The van der Waals surface area contributed by atoms with Crippen LogP contribution in [0.15, 0.2) is 60.8 Å². The maximum atomic E-state index is 12.7. The first-order chi connectivity index (χ1) is 11.1. The van der Waals surface area contributed by atoms with Gasteiger partial charge in [-0.1, -0.05) is 53.6 Å². The molecule has 0 saturated heterocycles. The van der Waals surface area contributed by atoms with E-state index in [-0.39, 0.29) is 5.78 Å². The SMILES string of the molecule is Cc1cccc(C(=O)c2ccnc(-c3ccccc3Cl)c2N)c1. The predicted molar refractivity (Wildman–Crippen MR) is 93.7 cm³/mol. The van der Waals surface area contributed by atoms with Gasteiger partial charge in [-0.05, 0) is 25.1 Å². The molecule has 23 heavy (non-hydrogen) atoms. The van der Waals surface area contributed by atoms with E-state index in [0.717, 1.165) is 5.56 Å². The number of carbonyl (C=O) groups is 1. The highest BCUT2D eigenvalue weighted by atomic mass is 35.5. The minimum Gasteiger partial charge on any atom is -0.396 e. The Bertz CT molecular complexity index is 890. The van der Waals surface area contributed by atoms with E-state index in [1.165, 1.54) is 0 Å². The summed E-state index contributed by atoms with van der Waals surface area (Å²) < 4.78 is 0. The van der Waals surface area contributed by atoms with E-state index in [0.29, 0.717) is 33.1 Å². The van der Waals surface area contributed by atoms with Gasteiger partial charge in [0.15, 0.2) is 5.78 Å². The zero-order valence-corrected chi connectivity index (χ0v) is 13.3. The van der Waals surface area contributed by atoms with Crippen molar-refractivity contribution in [1.82, 2.24) is 4.98 Å². The molecular weight excluding hydrogens is 308 g/mol. The average Bonchev–Trinajstić information content (AvgIpc) is 2.55. The first-order valence-corrected chi connectivity index (χ1v) is 7.56. The summed E-state index contributed by atoms with van der Waals surface area (Å²) >= 11 is 6.22. The van der Waals surface area contributed by atoms with Crippen LogP contribution in [0.5, 0.6) is 0 Å². The number of anilines is 1. The third-order valence-corrected chi connectivity index (χ3v) is 3.97. The molecule has 0 unspecified atom stereocenters. The van der Waals surface area contributed by atoms with Crippen molar-refractivity contribution in [2.45, 2.75) is 6.92 Å². The number of aromatic nitrogens is 1. The van der Waals surface area contributed by atoms with Gasteiger partial charge < -0.3 is 5.73 Å². The molecule has 0 saturated carbocycles. The molecule has 4 heteroatoms. The summed E-state index contributed by atoms with van der Waals surface area (Å²) in [6.07, 6.45) is 1.58. The van der Waals surface area contributed by atoms with Gasteiger partial charge in [0.05, 0.1) is 16.4 Å². The van der Waals surface area contributed by atoms with Crippen LogP contribution in [-0.2, 0) is 0 Å². The fourth-order valence-corrected chi connectivity index (χ4v) is 2.71. The van der Waals surface area contributed by atoms with Crippen LogP contribution in [0.25, 0.3) is 11.3 Å². The number of hydrogen-bond donors (Lipinski definition) is 1. The summed E-state index contributed by atoms with van der Waals surface area (Å²) in [6, 6.07) is 16.4. The van der Waals surface area contributed by atoms with Crippen molar-refractivity contribution in [1.29, 1.82) is 0 Å². The average molecular weight is 323 g/mol. The van der Waals surface area contributed by atoms with E-state index >= 15 is 0 Å². The number of ketones is 1. The highest BCUT2D eigenvalue weighted by Crippen LogP contribution is 2.32. The fourth-order valence-electron chi connectivity index (χ4n) is 2.48. The number of aryl methyl sites for hydroxylation is 1. The highest BCUT2D eigenvalue weighted by Gasteiger charge is 2.17. The Morgan fingerprint density at radius 2 is 1.87 bits per heavy atom. The topological polar surface area (TPSA) is 56.0 Å². The number of nitrogens with two attached hydrogens (primary N) is 1. The van der Waals surface area contributed by atoms with Gasteiger partial charge >= 0.3 is 0 Å². The molecule has 3 nitrogen and oxygen atoms in total. The van der Waals surface area contributed by atoms with Gasteiger partial charge in [0.1, 0.15) is 0 Å². The van der Waals surface area contributed by atoms with Crippen molar-refractivity contribution in [3.8, 4) is 11.3 Å². The number of hydrogen-bond acceptors (Lipinski definition) is 3. The number of carbonyl (C=O) groups excluding carboxylic acids is 1. The molecule has 1 aromatic heterocycles. The fraction of sp³-hybridized carbons (Fsp3) is 0.0526. The summed E-state index contributed by atoms with van der Waals surface area (Å²) in [7, 11) is 0. The maximum absolute atomic E-state index is 12.7. The van der Waals surface area contributed by atoms with Gasteiger partial charge in [0, 0.05) is 22.9 Å². The lowest BCUT2D eigenvalue weighted by Gasteiger charge is -2.11. The molecule has 114 valence electrons. The van der Waals surface area contributed by atoms with Crippen LogP contribution in [0.3, 0.4) is 0 Å². The van der Waals surface area contributed by atoms with Crippen molar-refractivity contribution in [3.63, 3.8) is 0 Å². The molecular formula is C19H15ClN2O. The molecule has 0 radical (unpaired) electrons. The van der Waals surface area contributed by atoms with Crippen LogP contribution >= 0.6 is 11.6 Å². The van der Waals surface area contributed by atoms with Crippen molar-refractivity contribution in [3.05, 3.63) is 82.5 Å². The number of nitrogen functional groups attached to an aromatic ring is 1. The predicted octanol–water partition coefficient (Wildman–Crippen LogP) is 4.52. The molecule has 0 spiro atoms. The number of pyridine rings is 1. The molecule has 0 atom stereocenters. The van der Waals surface area contributed by atoms with Crippen molar-refractivity contribution >= 4 is 23.1 Å². The molecule has 2 aromatic carbocycles. The summed E-state index contributed by atoms with van der Waals surface area (Å²) in [6.45, 7) is 1.95. The van der Waals surface area contributed by atoms with Gasteiger partial charge in [-0.25, -0.2) is 0 Å². The largest absolute Gasteiger partial charge is 0.396 e. The minimum atomic E-state index is -0.123. The van der Waals surface area contributed by atoms with Crippen LogP contribution in [0.1, 0.15) is 21.5 Å². The standard InChI is InChI=1S/C19H15ClN2O/c1-12-5-4-6-13(11-12)19(23)15-9-10-22-18(17(15)21)14-7-2-3-8-16(14)20/h2-11H,21H2,1H3. The zero-order chi connectivity index (χ0) is 16.4.